The van der Waals surface area contributed by atoms with Crippen molar-refractivity contribution in [1.29, 1.82) is 0 Å². The third-order valence-corrected chi connectivity index (χ3v) is 5.26. The van der Waals surface area contributed by atoms with Crippen LogP contribution in [0.1, 0.15) is 55.2 Å². The molecule has 1 aromatic carbocycles. The predicted octanol–water partition coefficient (Wildman–Crippen LogP) is 1.13. The number of amides is 1. The van der Waals surface area contributed by atoms with Gasteiger partial charge in [-0.25, -0.2) is 4.79 Å². The second-order valence-corrected chi connectivity index (χ2v) is 7.46. The topological polar surface area (TPSA) is 118 Å². The van der Waals surface area contributed by atoms with Crippen LogP contribution in [0.5, 0.6) is 5.75 Å². The molecule has 8 nitrogen and oxygen atoms in total. The molecule has 0 bridgehead atoms. The van der Waals surface area contributed by atoms with Gasteiger partial charge in [0.15, 0.2) is 0 Å². The number of aromatic carboxylic acids is 1. The maximum Gasteiger partial charge on any atom is 1.00 e. The molecule has 3 aromatic rings. The van der Waals surface area contributed by atoms with Crippen LogP contribution in [0.15, 0.2) is 41.2 Å². The summed E-state index contributed by atoms with van der Waals surface area (Å²) in [6, 6.07) is 6.80. The Kier molecular flexibility index (Phi) is 7.76. The molecule has 4 rings (SSSR count). The van der Waals surface area contributed by atoms with E-state index in [2.05, 4.69) is 10.5 Å². The molecule has 1 saturated carbocycles. The molecular weight excluding hydrogens is 425 g/mol. The Morgan fingerprint density at radius 3 is 2.58 bits per heavy atom. The van der Waals surface area contributed by atoms with Gasteiger partial charge in [-0.05, 0) is 49.9 Å². The van der Waals surface area contributed by atoms with E-state index in [0.29, 0.717) is 30.3 Å². The summed E-state index contributed by atoms with van der Waals surface area (Å²) in [6.07, 6.45) is 5.76. The standard InChI is InChI=1S/C22H23N3O5.K.H/c1-2-25-11-16(22(28)29)17(12-25)23-19(27)10-9-18-20(13-3-4-13)21(24-30-18)14-5-7-15(26)8-6-14;;/h5-8,11-13,26H,2-4,9-10H2,1H3,(H,23,27)(H,28,29);;/q;+1;-1. The van der Waals surface area contributed by atoms with Gasteiger partial charge < -0.3 is 26.0 Å². The third-order valence-electron chi connectivity index (χ3n) is 5.26. The maximum absolute atomic E-state index is 12.5. The molecule has 0 unspecified atom stereocenters. The maximum atomic E-state index is 12.5. The number of carbonyl (C=O) groups is 2. The Morgan fingerprint density at radius 2 is 1.97 bits per heavy atom. The molecular formula is C22H24KN3O5. The predicted molar refractivity (Wildman–Crippen MR) is 111 cm³/mol. The number of rotatable bonds is 8. The van der Waals surface area contributed by atoms with Crippen LogP contribution < -0.4 is 56.7 Å². The van der Waals surface area contributed by atoms with Gasteiger partial charge in [0.1, 0.15) is 22.8 Å². The number of aryl methyl sites for hydroxylation is 2. The van der Waals surface area contributed by atoms with E-state index in [0.717, 1.165) is 29.7 Å². The minimum absolute atomic E-state index is 0. The Morgan fingerprint density at radius 1 is 1.26 bits per heavy atom. The van der Waals surface area contributed by atoms with Gasteiger partial charge in [-0.1, -0.05) is 5.16 Å². The second kappa shape index (κ2) is 10.1. The number of anilines is 1. The Hall–Kier alpha value is -1.91. The molecule has 1 aliphatic rings. The Bertz CT molecular complexity index is 1090. The summed E-state index contributed by atoms with van der Waals surface area (Å²) in [5, 5.41) is 25.8. The van der Waals surface area contributed by atoms with Crippen LogP contribution >= 0.6 is 0 Å². The van der Waals surface area contributed by atoms with Crippen LogP contribution in [0.25, 0.3) is 11.3 Å². The molecule has 0 radical (unpaired) electrons. The van der Waals surface area contributed by atoms with Gasteiger partial charge >= 0.3 is 57.4 Å². The molecule has 158 valence electrons. The van der Waals surface area contributed by atoms with Crippen molar-refractivity contribution in [2.75, 3.05) is 5.32 Å². The first kappa shape index (κ1) is 23.7. The monoisotopic (exact) mass is 449 g/mol. The number of phenols is 1. The summed E-state index contributed by atoms with van der Waals surface area (Å²) >= 11 is 0. The Labute approximate surface area is 223 Å². The number of carboxylic acids is 1. The molecule has 0 spiro atoms. The van der Waals surface area contributed by atoms with Gasteiger partial charge in [0.2, 0.25) is 5.91 Å². The second-order valence-electron chi connectivity index (χ2n) is 7.46. The van der Waals surface area contributed by atoms with E-state index in [1.54, 1.807) is 35.0 Å². The van der Waals surface area contributed by atoms with Gasteiger partial charge in [0.25, 0.3) is 0 Å². The zero-order chi connectivity index (χ0) is 21.3. The fourth-order valence-electron chi connectivity index (χ4n) is 3.53. The van der Waals surface area contributed by atoms with Crippen molar-refractivity contribution >= 4 is 17.6 Å². The third kappa shape index (κ3) is 5.47. The van der Waals surface area contributed by atoms with Crippen molar-refractivity contribution in [2.45, 2.75) is 45.1 Å². The molecule has 0 aliphatic heterocycles. The minimum atomic E-state index is -1.08. The summed E-state index contributed by atoms with van der Waals surface area (Å²) in [5.74, 6) is -0.127. The average molecular weight is 450 g/mol. The van der Waals surface area contributed by atoms with Gasteiger partial charge in [-0.2, -0.15) is 0 Å². The number of nitrogens with zero attached hydrogens (tertiary/aromatic N) is 2. The summed E-state index contributed by atoms with van der Waals surface area (Å²) < 4.78 is 7.29. The fraction of sp³-hybridized carbons (Fsp3) is 0.318. The Balaban J connectivity index is 0.00000181. The smallest absolute Gasteiger partial charge is 1.00 e. The summed E-state index contributed by atoms with van der Waals surface area (Å²) in [4.78, 5) is 23.9. The molecule has 0 atom stereocenters. The average Bonchev–Trinajstić information content (AvgIpc) is 3.34. The number of aromatic nitrogens is 2. The van der Waals surface area contributed by atoms with Crippen molar-refractivity contribution in [3.63, 3.8) is 0 Å². The summed E-state index contributed by atoms with van der Waals surface area (Å²) in [6.45, 7) is 2.51. The number of hydrogen-bond donors (Lipinski definition) is 3. The van der Waals surface area contributed by atoms with Crippen molar-refractivity contribution in [3.8, 4) is 17.0 Å². The number of benzene rings is 1. The normalized spacial score (nSPS) is 12.9. The van der Waals surface area contributed by atoms with E-state index in [1.165, 1.54) is 6.20 Å². The molecule has 1 aliphatic carbocycles. The van der Waals surface area contributed by atoms with Crippen LogP contribution in [0.4, 0.5) is 5.69 Å². The number of aromatic hydroxyl groups is 1. The summed E-state index contributed by atoms with van der Waals surface area (Å²) in [7, 11) is 0. The van der Waals surface area contributed by atoms with Gasteiger partial charge in [-0.15, -0.1) is 0 Å². The van der Waals surface area contributed by atoms with Crippen molar-refractivity contribution in [1.82, 2.24) is 9.72 Å². The van der Waals surface area contributed by atoms with Crippen LogP contribution in [0.2, 0.25) is 0 Å². The SMILES string of the molecule is CCn1cc(NC(=O)CCc2onc(-c3ccc(O)cc3)c2C2CC2)c(C(=O)O)c1.[H-].[K+]. The molecule has 1 amide bonds. The van der Waals surface area contributed by atoms with Crippen molar-refractivity contribution in [2.24, 2.45) is 0 Å². The summed E-state index contributed by atoms with van der Waals surface area (Å²) in [5.41, 5.74) is 3.00. The first-order valence-electron chi connectivity index (χ1n) is 9.97. The van der Waals surface area contributed by atoms with E-state index in [9.17, 15) is 19.8 Å². The number of carbonyl (C=O) groups excluding carboxylic acids is 1. The fourth-order valence-corrected chi connectivity index (χ4v) is 3.53. The van der Waals surface area contributed by atoms with Gasteiger partial charge in [-0.3, -0.25) is 4.79 Å². The molecule has 9 heteroatoms. The van der Waals surface area contributed by atoms with Crippen LogP contribution in [0.3, 0.4) is 0 Å². The minimum Gasteiger partial charge on any atom is -1.00 e. The molecule has 31 heavy (non-hydrogen) atoms. The number of hydrogen-bond acceptors (Lipinski definition) is 5. The largest absolute Gasteiger partial charge is 1.00 e. The molecule has 2 aromatic heterocycles. The van der Waals surface area contributed by atoms with Crippen molar-refractivity contribution < 1.29 is 77.1 Å². The first-order valence-corrected chi connectivity index (χ1v) is 9.97. The number of carboxylic acid groups (broad SMARTS) is 1. The molecule has 3 N–H and O–H groups in total. The zero-order valence-corrected chi connectivity index (χ0v) is 20.7. The van der Waals surface area contributed by atoms with E-state index in [1.807, 2.05) is 6.92 Å². The van der Waals surface area contributed by atoms with Crippen LogP contribution in [-0.2, 0) is 17.8 Å². The van der Waals surface area contributed by atoms with Gasteiger partial charge in [0, 0.05) is 42.9 Å². The molecule has 0 saturated heterocycles. The van der Waals surface area contributed by atoms with Crippen LogP contribution in [-0.4, -0.2) is 31.8 Å². The number of nitrogens with one attached hydrogen (secondary N) is 1. The molecule has 1 fully saturated rings. The zero-order valence-electron chi connectivity index (χ0n) is 18.6. The molecule has 2 heterocycles. The van der Waals surface area contributed by atoms with E-state index >= 15 is 0 Å². The van der Waals surface area contributed by atoms with Crippen molar-refractivity contribution in [3.05, 3.63) is 53.5 Å². The van der Waals surface area contributed by atoms with E-state index in [-0.39, 0.29) is 76.5 Å². The van der Waals surface area contributed by atoms with E-state index in [4.69, 9.17) is 4.52 Å². The van der Waals surface area contributed by atoms with E-state index < -0.39 is 5.97 Å². The number of phenolic OH excluding ortho intramolecular Hbond substituents is 1. The van der Waals surface area contributed by atoms with Crippen LogP contribution in [0, 0.1) is 0 Å². The quantitative estimate of drug-likeness (QED) is 0.444. The van der Waals surface area contributed by atoms with Gasteiger partial charge in [0.05, 0.1) is 5.69 Å². The first-order chi connectivity index (χ1) is 14.5.